The summed E-state index contributed by atoms with van der Waals surface area (Å²) in [6.45, 7) is 3.21. The third kappa shape index (κ3) is 4.00. The van der Waals surface area contributed by atoms with Gasteiger partial charge in [-0.15, -0.1) is 0 Å². The molecular formula is C17H23NO4. The first-order valence-electron chi connectivity index (χ1n) is 7.90. The highest BCUT2D eigenvalue weighted by molar-refractivity contribution is 5.90. The molecule has 1 aromatic carbocycles. The summed E-state index contributed by atoms with van der Waals surface area (Å²) in [6.07, 6.45) is 4.44. The molecule has 1 aliphatic rings. The van der Waals surface area contributed by atoms with Crippen molar-refractivity contribution in [2.45, 2.75) is 45.1 Å². The summed E-state index contributed by atoms with van der Waals surface area (Å²) in [7, 11) is 0. The zero-order valence-electron chi connectivity index (χ0n) is 13.0. The van der Waals surface area contributed by atoms with Crippen molar-refractivity contribution in [2.75, 3.05) is 18.1 Å². The number of ether oxygens (including phenoxy) is 1. The zero-order valence-corrected chi connectivity index (χ0v) is 13.0. The monoisotopic (exact) mass is 305 g/mol. The van der Waals surface area contributed by atoms with Crippen LogP contribution in [0.4, 0.5) is 5.69 Å². The molecule has 0 saturated carbocycles. The van der Waals surface area contributed by atoms with Gasteiger partial charge in [-0.05, 0) is 49.9 Å². The Balaban J connectivity index is 2.04. The topological polar surface area (TPSA) is 66.8 Å². The standard InChI is InChI=1S/C17H23NO4/c1-2-3-12-22-17(21)13-7-9-14(10-8-13)18-11-5-4-6-15(18)16(19)20/h7-10,15H,2-6,11-12H2,1H3,(H,19,20). The van der Waals surface area contributed by atoms with Crippen molar-refractivity contribution in [1.29, 1.82) is 0 Å². The van der Waals surface area contributed by atoms with Crippen LogP contribution < -0.4 is 4.90 Å². The summed E-state index contributed by atoms with van der Waals surface area (Å²) in [5.74, 6) is -1.11. The number of hydrogen-bond donors (Lipinski definition) is 1. The van der Waals surface area contributed by atoms with Gasteiger partial charge in [0.25, 0.3) is 0 Å². The van der Waals surface area contributed by atoms with Crippen molar-refractivity contribution < 1.29 is 19.4 Å². The number of piperidine rings is 1. The molecule has 1 unspecified atom stereocenters. The van der Waals surface area contributed by atoms with Gasteiger partial charge in [0, 0.05) is 12.2 Å². The highest BCUT2D eigenvalue weighted by Gasteiger charge is 2.28. The van der Waals surface area contributed by atoms with E-state index in [0.29, 0.717) is 18.6 Å². The molecule has 120 valence electrons. The Morgan fingerprint density at radius 1 is 1.27 bits per heavy atom. The van der Waals surface area contributed by atoms with Crippen molar-refractivity contribution >= 4 is 17.6 Å². The molecule has 0 aliphatic carbocycles. The Kier molecular flexibility index (Phi) is 5.81. The lowest BCUT2D eigenvalue weighted by molar-refractivity contribution is -0.139. The number of carbonyl (C=O) groups is 2. The predicted molar refractivity (Wildman–Crippen MR) is 84.3 cm³/mol. The van der Waals surface area contributed by atoms with E-state index in [2.05, 4.69) is 0 Å². The van der Waals surface area contributed by atoms with Crippen LogP contribution in [0.2, 0.25) is 0 Å². The molecule has 0 aromatic heterocycles. The largest absolute Gasteiger partial charge is 0.480 e. The van der Waals surface area contributed by atoms with Gasteiger partial charge in [-0.2, -0.15) is 0 Å². The highest BCUT2D eigenvalue weighted by Crippen LogP contribution is 2.25. The average molecular weight is 305 g/mol. The van der Waals surface area contributed by atoms with E-state index in [1.54, 1.807) is 24.3 Å². The van der Waals surface area contributed by atoms with Crippen molar-refractivity contribution in [3.05, 3.63) is 29.8 Å². The summed E-state index contributed by atoms with van der Waals surface area (Å²) in [6, 6.07) is 6.54. The van der Waals surface area contributed by atoms with Gasteiger partial charge in [0.05, 0.1) is 12.2 Å². The number of esters is 1. The van der Waals surface area contributed by atoms with Gasteiger partial charge < -0.3 is 14.7 Å². The smallest absolute Gasteiger partial charge is 0.338 e. The third-order valence-electron chi connectivity index (χ3n) is 3.95. The molecular weight excluding hydrogens is 282 g/mol. The maximum absolute atomic E-state index is 11.8. The summed E-state index contributed by atoms with van der Waals surface area (Å²) < 4.78 is 5.17. The Labute approximate surface area is 130 Å². The Hall–Kier alpha value is -2.04. The van der Waals surface area contributed by atoms with E-state index >= 15 is 0 Å². The van der Waals surface area contributed by atoms with E-state index in [9.17, 15) is 14.7 Å². The van der Waals surface area contributed by atoms with Crippen LogP contribution in [0.1, 0.15) is 49.4 Å². The van der Waals surface area contributed by atoms with Crippen molar-refractivity contribution in [3.8, 4) is 0 Å². The maximum Gasteiger partial charge on any atom is 0.338 e. The molecule has 1 atom stereocenters. The molecule has 1 aromatic rings. The number of nitrogens with zero attached hydrogens (tertiary/aromatic N) is 1. The number of benzene rings is 1. The Morgan fingerprint density at radius 3 is 2.64 bits per heavy atom. The number of carboxylic acids is 1. The van der Waals surface area contributed by atoms with Crippen LogP contribution in [0, 0.1) is 0 Å². The van der Waals surface area contributed by atoms with Crippen molar-refractivity contribution in [1.82, 2.24) is 0 Å². The minimum Gasteiger partial charge on any atom is -0.480 e. The molecule has 2 rings (SSSR count). The van der Waals surface area contributed by atoms with E-state index in [-0.39, 0.29) is 5.97 Å². The molecule has 0 amide bonds. The SMILES string of the molecule is CCCCOC(=O)c1ccc(N2CCCCC2C(=O)O)cc1. The molecule has 1 N–H and O–H groups in total. The normalized spacial score (nSPS) is 18.0. The second-order valence-electron chi connectivity index (χ2n) is 5.58. The van der Waals surface area contributed by atoms with Crippen LogP contribution in [-0.2, 0) is 9.53 Å². The predicted octanol–water partition coefficient (Wildman–Crippen LogP) is 3.09. The van der Waals surface area contributed by atoms with Crippen LogP contribution >= 0.6 is 0 Å². The lowest BCUT2D eigenvalue weighted by Crippen LogP contribution is -2.44. The van der Waals surface area contributed by atoms with Gasteiger partial charge in [0.1, 0.15) is 6.04 Å². The number of hydrogen-bond acceptors (Lipinski definition) is 4. The zero-order chi connectivity index (χ0) is 15.9. The van der Waals surface area contributed by atoms with Crippen molar-refractivity contribution in [2.24, 2.45) is 0 Å². The van der Waals surface area contributed by atoms with E-state index in [4.69, 9.17) is 4.74 Å². The molecule has 1 heterocycles. The quantitative estimate of drug-likeness (QED) is 0.646. The molecule has 1 fully saturated rings. The molecule has 1 saturated heterocycles. The first-order valence-corrected chi connectivity index (χ1v) is 7.90. The first-order chi connectivity index (χ1) is 10.6. The van der Waals surface area contributed by atoms with Gasteiger partial charge >= 0.3 is 11.9 Å². The molecule has 5 heteroatoms. The maximum atomic E-state index is 11.8. The van der Waals surface area contributed by atoms with Gasteiger partial charge in [-0.1, -0.05) is 13.3 Å². The van der Waals surface area contributed by atoms with Crippen molar-refractivity contribution in [3.63, 3.8) is 0 Å². The number of anilines is 1. The molecule has 1 aliphatic heterocycles. The summed E-state index contributed by atoms with van der Waals surface area (Å²) in [5, 5.41) is 9.32. The number of aliphatic carboxylic acids is 1. The molecule has 0 bridgehead atoms. The summed E-state index contributed by atoms with van der Waals surface area (Å²) in [4.78, 5) is 25.1. The second-order valence-corrected chi connectivity index (χ2v) is 5.58. The minimum atomic E-state index is -0.789. The average Bonchev–Trinajstić information content (AvgIpc) is 2.55. The Bertz CT molecular complexity index is 512. The fourth-order valence-electron chi connectivity index (χ4n) is 2.68. The van der Waals surface area contributed by atoms with Crippen LogP contribution in [0.15, 0.2) is 24.3 Å². The molecule has 22 heavy (non-hydrogen) atoms. The van der Waals surface area contributed by atoms with Gasteiger partial charge in [-0.25, -0.2) is 9.59 Å². The number of unbranched alkanes of at least 4 members (excludes halogenated alkanes) is 1. The molecule has 5 nitrogen and oxygen atoms in total. The van der Waals surface area contributed by atoms with E-state index in [1.165, 1.54) is 0 Å². The second kappa shape index (κ2) is 7.82. The lowest BCUT2D eigenvalue weighted by atomic mass is 10.0. The minimum absolute atomic E-state index is 0.326. The van der Waals surface area contributed by atoms with Crippen LogP contribution in [-0.4, -0.2) is 36.2 Å². The van der Waals surface area contributed by atoms with Crippen LogP contribution in [0.25, 0.3) is 0 Å². The molecule has 0 spiro atoms. The van der Waals surface area contributed by atoms with Crippen LogP contribution in [0.5, 0.6) is 0 Å². The molecule has 0 radical (unpaired) electrons. The van der Waals surface area contributed by atoms with E-state index in [0.717, 1.165) is 37.9 Å². The first kappa shape index (κ1) is 16.3. The van der Waals surface area contributed by atoms with Gasteiger partial charge in [0.15, 0.2) is 0 Å². The lowest BCUT2D eigenvalue weighted by Gasteiger charge is -2.34. The summed E-state index contributed by atoms with van der Waals surface area (Å²) in [5.41, 5.74) is 1.35. The fraction of sp³-hybridized carbons (Fsp3) is 0.529. The highest BCUT2D eigenvalue weighted by atomic mass is 16.5. The number of carbonyl (C=O) groups excluding carboxylic acids is 1. The number of carboxylic acid groups (broad SMARTS) is 1. The number of rotatable bonds is 6. The summed E-state index contributed by atoms with van der Waals surface area (Å²) >= 11 is 0. The fourth-order valence-corrected chi connectivity index (χ4v) is 2.68. The van der Waals surface area contributed by atoms with Crippen LogP contribution in [0.3, 0.4) is 0 Å². The van der Waals surface area contributed by atoms with Gasteiger partial charge in [0.2, 0.25) is 0 Å². The van der Waals surface area contributed by atoms with Gasteiger partial charge in [-0.3, -0.25) is 0 Å². The van der Waals surface area contributed by atoms with E-state index < -0.39 is 12.0 Å². The van der Waals surface area contributed by atoms with E-state index in [1.807, 2.05) is 11.8 Å². The Morgan fingerprint density at radius 2 is 2.00 bits per heavy atom. The third-order valence-corrected chi connectivity index (χ3v) is 3.95.